The van der Waals surface area contributed by atoms with E-state index in [1.54, 1.807) is 12.1 Å². The molecule has 0 saturated heterocycles. The van der Waals surface area contributed by atoms with Crippen molar-refractivity contribution in [2.24, 2.45) is 10.2 Å². The Labute approximate surface area is 266 Å². The summed E-state index contributed by atoms with van der Waals surface area (Å²) in [5.41, 5.74) is 3.64. The topological polar surface area (TPSA) is 48.5 Å². The van der Waals surface area contributed by atoms with E-state index in [-0.39, 0.29) is 0 Å². The minimum atomic E-state index is 0.637. The Morgan fingerprint density at radius 2 is 0.881 bits per heavy atom. The largest absolute Gasteiger partial charge is 0.192 e. The van der Waals surface area contributed by atoms with Gasteiger partial charge in [-0.3, -0.25) is 0 Å². The molecule has 3 nitrogen and oxygen atoms in total. The summed E-state index contributed by atoms with van der Waals surface area (Å²) in [6.07, 6.45) is 29.3. The molecule has 5 heteroatoms. The molecule has 0 aliphatic rings. The lowest BCUT2D eigenvalue weighted by Gasteiger charge is -2.04. The van der Waals surface area contributed by atoms with Crippen LogP contribution in [0.4, 0.5) is 11.4 Å². The van der Waals surface area contributed by atoms with Gasteiger partial charge in [0.25, 0.3) is 0 Å². The first kappa shape index (κ1) is 36.4. The Balaban J connectivity index is 1.30. The number of nitriles is 1. The van der Waals surface area contributed by atoms with Crippen molar-refractivity contribution in [3.05, 3.63) is 59.7 Å². The van der Waals surface area contributed by atoms with Crippen LogP contribution in [-0.4, -0.2) is 11.5 Å². The van der Waals surface area contributed by atoms with E-state index in [0.29, 0.717) is 5.56 Å². The fraction of sp³-hybridized carbons (Fsp3) is 0.649. The standard InChI is InChI=1S/C37H57N3S2/c1-2-3-4-5-6-7-11-14-17-20-31-41-42-32-21-18-15-12-9-8-10-13-16-19-22-34-23-27-36(28-24-34)39-40-37-29-25-35(33-38)26-30-37/h23-30H,2-22,31-32H2,1H3. The second-order valence-corrected chi connectivity index (χ2v) is 14.3. The second kappa shape index (κ2) is 26.8. The molecule has 2 aromatic carbocycles. The highest BCUT2D eigenvalue weighted by molar-refractivity contribution is 8.76. The van der Waals surface area contributed by atoms with E-state index in [4.69, 9.17) is 5.26 Å². The first-order chi connectivity index (χ1) is 20.8. The molecule has 0 amide bonds. The minimum absolute atomic E-state index is 0.637. The lowest BCUT2D eigenvalue weighted by Crippen LogP contribution is -1.86. The lowest BCUT2D eigenvalue weighted by atomic mass is 10.0. The fourth-order valence-electron chi connectivity index (χ4n) is 5.12. The van der Waals surface area contributed by atoms with Gasteiger partial charge in [-0.2, -0.15) is 15.5 Å². The summed E-state index contributed by atoms with van der Waals surface area (Å²) in [7, 11) is 4.23. The van der Waals surface area contributed by atoms with Crippen molar-refractivity contribution in [2.45, 2.75) is 142 Å². The number of nitrogens with zero attached hydrogens (tertiary/aromatic N) is 3. The summed E-state index contributed by atoms with van der Waals surface area (Å²) in [6.45, 7) is 2.30. The third kappa shape index (κ3) is 20.2. The molecule has 0 saturated carbocycles. The number of hydrogen-bond donors (Lipinski definition) is 0. The van der Waals surface area contributed by atoms with Crippen LogP contribution in [0, 0.1) is 11.3 Å². The van der Waals surface area contributed by atoms with E-state index in [2.05, 4.69) is 56.9 Å². The van der Waals surface area contributed by atoms with Gasteiger partial charge in [0.1, 0.15) is 0 Å². The van der Waals surface area contributed by atoms with Gasteiger partial charge in [-0.25, -0.2) is 0 Å². The van der Waals surface area contributed by atoms with Crippen LogP contribution in [-0.2, 0) is 6.42 Å². The van der Waals surface area contributed by atoms with Crippen molar-refractivity contribution < 1.29 is 0 Å². The van der Waals surface area contributed by atoms with Crippen LogP contribution in [0.3, 0.4) is 0 Å². The molecule has 0 fully saturated rings. The Hall–Kier alpha value is -1.77. The number of aryl methyl sites for hydroxylation is 1. The van der Waals surface area contributed by atoms with Crippen LogP contribution in [0.2, 0.25) is 0 Å². The smallest absolute Gasteiger partial charge is 0.0991 e. The summed E-state index contributed by atoms with van der Waals surface area (Å²) >= 11 is 0. The van der Waals surface area contributed by atoms with Gasteiger partial charge in [0, 0.05) is 11.5 Å². The molecule has 0 atom stereocenters. The molecule has 0 aromatic heterocycles. The van der Waals surface area contributed by atoms with Crippen molar-refractivity contribution in [2.75, 3.05) is 11.5 Å². The normalized spacial score (nSPS) is 11.3. The van der Waals surface area contributed by atoms with Crippen molar-refractivity contribution in [3.8, 4) is 6.07 Å². The van der Waals surface area contributed by atoms with Gasteiger partial charge in [0.2, 0.25) is 0 Å². The van der Waals surface area contributed by atoms with Crippen LogP contribution in [0.25, 0.3) is 0 Å². The molecular weight excluding hydrogens is 551 g/mol. The molecular formula is C37H57N3S2. The van der Waals surface area contributed by atoms with E-state index in [9.17, 15) is 0 Å². The summed E-state index contributed by atoms with van der Waals surface area (Å²) in [5, 5.41) is 17.4. The quantitative estimate of drug-likeness (QED) is 0.0576. The maximum atomic E-state index is 8.88. The zero-order valence-corrected chi connectivity index (χ0v) is 28.2. The van der Waals surface area contributed by atoms with E-state index in [0.717, 1.165) is 17.8 Å². The maximum absolute atomic E-state index is 8.88. The molecule has 232 valence electrons. The molecule has 0 bridgehead atoms. The molecule has 0 unspecified atom stereocenters. The van der Waals surface area contributed by atoms with E-state index >= 15 is 0 Å². The van der Waals surface area contributed by atoms with Gasteiger partial charge in [-0.1, -0.05) is 150 Å². The average Bonchev–Trinajstić information content (AvgIpc) is 3.03. The highest BCUT2D eigenvalue weighted by atomic mass is 33.1. The highest BCUT2D eigenvalue weighted by Crippen LogP contribution is 2.25. The Morgan fingerprint density at radius 1 is 0.500 bits per heavy atom. The number of benzene rings is 2. The van der Waals surface area contributed by atoms with Gasteiger partial charge >= 0.3 is 0 Å². The van der Waals surface area contributed by atoms with Crippen molar-refractivity contribution >= 4 is 33.0 Å². The monoisotopic (exact) mass is 607 g/mol. The molecule has 0 aliphatic carbocycles. The third-order valence-electron chi connectivity index (χ3n) is 7.82. The van der Waals surface area contributed by atoms with E-state index < -0.39 is 0 Å². The van der Waals surface area contributed by atoms with Gasteiger partial charge in [-0.15, -0.1) is 0 Å². The molecule has 0 spiro atoms. The minimum Gasteiger partial charge on any atom is -0.192 e. The number of hydrogen-bond acceptors (Lipinski definition) is 5. The number of unbranched alkanes of at least 4 members (excludes halogenated alkanes) is 18. The number of rotatable bonds is 27. The van der Waals surface area contributed by atoms with Crippen LogP contribution in [0.1, 0.15) is 146 Å². The fourth-order valence-corrected chi connectivity index (χ4v) is 7.41. The van der Waals surface area contributed by atoms with Crippen molar-refractivity contribution in [3.63, 3.8) is 0 Å². The zero-order valence-electron chi connectivity index (χ0n) is 26.5. The first-order valence-corrected chi connectivity index (χ1v) is 19.6. The summed E-state index contributed by atoms with van der Waals surface area (Å²) in [6, 6.07) is 17.7. The van der Waals surface area contributed by atoms with Gasteiger partial charge in [-0.05, 0) is 67.6 Å². The zero-order chi connectivity index (χ0) is 29.8. The molecule has 0 heterocycles. The maximum Gasteiger partial charge on any atom is 0.0991 e. The van der Waals surface area contributed by atoms with Gasteiger partial charge in [0.05, 0.1) is 23.0 Å². The summed E-state index contributed by atoms with van der Waals surface area (Å²) < 4.78 is 0. The summed E-state index contributed by atoms with van der Waals surface area (Å²) in [4.78, 5) is 0. The van der Waals surface area contributed by atoms with Crippen LogP contribution < -0.4 is 0 Å². The SMILES string of the molecule is CCCCCCCCCCCCSSCCCCCCCCCCCCc1ccc(N=Nc2ccc(C#N)cc2)cc1. The van der Waals surface area contributed by atoms with Crippen molar-refractivity contribution in [1.82, 2.24) is 0 Å². The van der Waals surface area contributed by atoms with E-state index in [1.807, 2.05) is 24.3 Å². The highest BCUT2D eigenvalue weighted by Gasteiger charge is 1.98. The van der Waals surface area contributed by atoms with Gasteiger partial charge in [0.15, 0.2) is 0 Å². The Morgan fingerprint density at radius 3 is 1.31 bits per heavy atom. The molecule has 0 aliphatic heterocycles. The predicted octanol–water partition coefficient (Wildman–Crippen LogP) is 13.7. The Bertz CT molecular complexity index is 950. The molecule has 42 heavy (non-hydrogen) atoms. The average molecular weight is 608 g/mol. The van der Waals surface area contributed by atoms with Crippen LogP contribution >= 0.6 is 21.6 Å². The van der Waals surface area contributed by atoms with E-state index in [1.165, 1.54) is 145 Å². The second-order valence-electron chi connectivity index (χ2n) is 11.6. The van der Waals surface area contributed by atoms with Crippen molar-refractivity contribution in [1.29, 1.82) is 5.26 Å². The first-order valence-electron chi connectivity index (χ1n) is 17.1. The predicted molar refractivity (Wildman–Crippen MR) is 188 cm³/mol. The molecule has 2 aromatic rings. The molecule has 0 N–H and O–H groups in total. The summed E-state index contributed by atoms with van der Waals surface area (Å²) in [5.74, 6) is 2.69. The molecule has 2 rings (SSSR count). The third-order valence-corrected chi connectivity index (χ3v) is 10.4. The lowest BCUT2D eigenvalue weighted by molar-refractivity contribution is 0.557. The molecule has 0 radical (unpaired) electrons. The number of azo groups is 1. The van der Waals surface area contributed by atoms with Crippen LogP contribution in [0.5, 0.6) is 0 Å². The van der Waals surface area contributed by atoms with Crippen LogP contribution in [0.15, 0.2) is 58.8 Å². The van der Waals surface area contributed by atoms with Gasteiger partial charge < -0.3 is 0 Å². The Kier molecular flexibility index (Phi) is 23.3.